The standard InChI is InChI=1S/C27H35F5N4O5/c1-15(2)21(23(41-17(5)37)26(28,29)27(30,31)32)35-24(39)19-9-7-13-36(19)25(40)22(16(3)4)34-20(38)11-10-18-8-6-12-33-14-18/h6,8,12,14-16,19,22H,7,9-11,13H2,1-5H3,(H,34,38)(H,35,39)/b23-21-/t19-,22-/m0/s1. The Morgan fingerprint density at radius 2 is 1.78 bits per heavy atom. The molecule has 0 aliphatic carbocycles. The summed E-state index contributed by atoms with van der Waals surface area (Å²) in [7, 11) is 0. The van der Waals surface area contributed by atoms with Crippen molar-refractivity contribution in [3.05, 3.63) is 41.5 Å². The number of ether oxygens (including phenoxy) is 1. The lowest BCUT2D eigenvalue weighted by Gasteiger charge is -2.31. The molecule has 0 radical (unpaired) electrons. The molecule has 1 aliphatic rings. The van der Waals surface area contributed by atoms with Crippen molar-refractivity contribution in [3.63, 3.8) is 0 Å². The highest BCUT2D eigenvalue weighted by molar-refractivity contribution is 5.93. The molecule has 2 atom stereocenters. The van der Waals surface area contributed by atoms with E-state index in [-0.39, 0.29) is 25.3 Å². The summed E-state index contributed by atoms with van der Waals surface area (Å²) in [5.41, 5.74) is -0.111. The fourth-order valence-electron chi connectivity index (χ4n) is 4.28. The van der Waals surface area contributed by atoms with Crippen LogP contribution in [0.2, 0.25) is 0 Å². The van der Waals surface area contributed by atoms with Crippen LogP contribution < -0.4 is 10.6 Å². The average Bonchev–Trinajstić information content (AvgIpc) is 3.37. The Morgan fingerprint density at radius 3 is 2.29 bits per heavy atom. The van der Waals surface area contributed by atoms with E-state index < -0.39 is 65.2 Å². The van der Waals surface area contributed by atoms with E-state index in [1.165, 1.54) is 18.7 Å². The first-order valence-electron chi connectivity index (χ1n) is 13.1. The number of allylic oxidation sites excluding steroid dienone is 2. The Bertz CT molecular complexity index is 1140. The lowest BCUT2D eigenvalue weighted by Crippen LogP contribution is -2.55. The maximum Gasteiger partial charge on any atom is 0.461 e. The van der Waals surface area contributed by atoms with Gasteiger partial charge in [0.25, 0.3) is 0 Å². The normalized spacial score (nSPS) is 17.3. The zero-order valence-corrected chi connectivity index (χ0v) is 23.5. The number of nitrogens with zero attached hydrogens (tertiary/aromatic N) is 2. The highest BCUT2D eigenvalue weighted by atomic mass is 19.4. The summed E-state index contributed by atoms with van der Waals surface area (Å²) in [6.07, 6.45) is -2.01. The molecule has 3 amide bonds. The minimum absolute atomic E-state index is 0.0704. The number of pyridine rings is 1. The van der Waals surface area contributed by atoms with E-state index in [9.17, 15) is 41.1 Å². The van der Waals surface area contributed by atoms with Gasteiger partial charge in [-0.05, 0) is 42.7 Å². The van der Waals surface area contributed by atoms with Gasteiger partial charge in [-0.25, -0.2) is 0 Å². The molecule has 1 fully saturated rings. The molecule has 2 heterocycles. The van der Waals surface area contributed by atoms with Crippen molar-refractivity contribution in [1.29, 1.82) is 0 Å². The van der Waals surface area contributed by atoms with E-state index in [0.29, 0.717) is 19.8 Å². The van der Waals surface area contributed by atoms with Gasteiger partial charge in [-0.1, -0.05) is 33.8 Å². The number of esters is 1. The third-order valence-corrected chi connectivity index (χ3v) is 6.42. The molecule has 1 aromatic heterocycles. The van der Waals surface area contributed by atoms with Crippen molar-refractivity contribution in [2.75, 3.05) is 6.54 Å². The number of likely N-dealkylation sites (tertiary alicyclic amines) is 1. The second kappa shape index (κ2) is 13.9. The van der Waals surface area contributed by atoms with Crippen LogP contribution in [-0.2, 0) is 30.3 Å². The van der Waals surface area contributed by atoms with Gasteiger partial charge in [0.05, 0.1) is 5.70 Å². The molecular weight excluding hydrogens is 555 g/mol. The summed E-state index contributed by atoms with van der Waals surface area (Å²) < 4.78 is 72.6. The van der Waals surface area contributed by atoms with Crippen LogP contribution in [0, 0.1) is 11.8 Å². The van der Waals surface area contributed by atoms with Crippen LogP contribution in [0.4, 0.5) is 22.0 Å². The number of aryl methyl sites for hydroxylation is 1. The van der Waals surface area contributed by atoms with Gasteiger partial charge in [0.1, 0.15) is 12.1 Å². The summed E-state index contributed by atoms with van der Waals surface area (Å²) >= 11 is 0. The van der Waals surface area contributed by atoms with Crippen LogP contribution in [-0.4, -0.2) is 64.3 Å². The van der Waals surface area contributed by atoms with Gasteiger partial charge < -0.3 is 20.3 Å². The number of hydrogen-bond acceptors (Lipinski definition) is 6. The first-order valence-corrected chi connectivity index (χ1v) is 13.1. The smallest absolute Gasteiger partial charge is 0.422 e. The van der Waals surface area contributed by atoms with Gasteiger partial charge in [-0.3, -0.25) is 24.2 Å². The minimum atomic E-state index is -6.11. The molecule has 2 rings (SSSR count). The van der Waals surface area contributed by atoms with Gasteiger partial charge >= 0.3 is 18.1 Å². The van der Waals surface area contributed by atoms with Gasteiger partial charge in [0, 0.05) is 32.3 Å². The first-order chi connectivity index (χ1) is 19.0. The number of carbonyl (C=O) groups excluding carboxylic acids is 4. The number of aromatic nitrogens is 1. The van der Waals surface area contributed by atoms with E-state index in [4.69, 9.17) is 0 Å². The van der Waals surface area contributed by atoms with Crippen LogP contribution in [0.25, 0.3) is 0 Å². The number of carbonyl (C=O) groups is 4. The molecule has 41 heavy (non-hydrogen) atoms. The Labute approximate surface area is 234 Å². The van der Waals surface area contributed by atoms with Crippen molar-refractivity contribution in [1.82, 2.24) is 20.5 Å². The lowest BCUT2D eigenvalue weighted by molar-refractivity contribution is -0.276. The Morgan fingerprint density at radius 1 is 1.12 bits per heavy atom. The second-order valence-electron chi connectivity index (χ2n) is 10.4. The maximum absolute atomic E-state index is 14.4. The molecule has 1 saturated heterocycles. The van der Waals surface area contributed by atoms with Gasteiger partial charge in [-0.15, -0.1) is 0 Å². The van der Waals surface area contributed by atoms with Crippen molar-refractivity contribution in [2.45, 2.75) is 84.5 Å². The lowest BCUT2D eigenvalue weighted by atomic mass is 10.0. The third-order valence-electron chi connectivity index (χ3n) is 6.42. The van der Waals surface area contributed by atoms with Gasteiger partial charge in [-0.2, -0.15) is 22.0 Å². The van der Waals surface area contributed by atoms with E-state index in [1.54, 1.807) is 38.4 Å². The SMILES string of the molecule is CC(=O)O/C(=C(\NC(=O)[C@@H]1CCCN1C(=O)[C@@H](NC(=O)CCc1cccnc1)C(C)C)C(C)C)C(F)(F)C(F)(F)F. The van der Waals surface area contributed by atoms with Crippen molar-refractivity contribution >= 4 is 23.7 Å². The highest BCUT2D eigenvalue weighted by Crippen LogP contribution is 2.43. The van der Waals surface area contributed by atoms with Crippen LogP contribution in [0.1, 0.15) is 59.4 Å². The highest BCUT2D eigenvalue weighted by Gasteiger charge is 2.63. The van der Waals surface area contributed by atoms with Crippen molar-refractivity contribution in [3.8, 4) is 0 Å². The molecule has 0 saturated carbocycles. The summed E-state index contributed by atoms with van der Waals surface area (Å²) in [6.45, 7) is 6.61. The second-order valence-corrected chi connectivity index (χ2v) is 10.4. The predicted molar refractivity (Wildman–Crippen MR) is 137 cm³/mol. The molecule has 2 N–H and O–H groups in total. The summed E-state index contributed by atoms with van der Waals surface area (Å²) in [4.78, 5) is 55.9. The Kier molecular flexibility index (Phi) is 11.4. The number of amides is 3. The Balaban J connectivity index is 2.27. The molecule has 9 nitrogen and oxygen atoms in total. The summed E-state index contributed by atoms with van der Waals surface area (Å²) in [6, 6.07) is 1.29. The van der Waals surface area contributed by atoms with Crippen LogP contribution in [0.5, 0.6) is 0 Å². The average molecular weight is 591 g/mol. The molecule has 0 bridgehead atoms. The molecule has 1 aliphatic heterocycles. The largest absolute Gasteiger partial charge is 0.461 e. The van der Waals surface area contributed by atoms with E-state index >= 15 is 0 Å². The van der Waals surface area contributed by atoms with Crippen LogP contribution in [0.15, 0.2) is 36.0 Å². The van der Waals surface area contributed by atoms with Gasteiger partial charge in [0.2, 0.25) is 23.5 Å². The Hall–Kier alpha value is -3.58. The van der Waals surface area contributed by atoms with E-state index in [1.807, 2.05) is 0 Å². The third kappa shape index (κ3) is 8.70. The quantitative estimate of drug-likeness (QED) is 0.230. The van der Waals surface area contributed by atoms with Crippen LogP contribution >= 0.6 is 0 Å². The maximum atomic E-state index is 14.4. The monoisotopic (exact) mass is 590 g/mol. The molecule has 14 heteroatoms. The number of halogens is 5. The number of rotatable bonds is 11. The predicted octanol–water partition coefficient (Wildman–Crippen LogP) is 3.89. The number of hydrogen-bond donors (Lipinski definition) is 2. The fraction of sp³-hybridized carbons (Fsp3) is 0.593. The molecule has 0 unspecified atom stereocenters. The zero-order chi connectivity index (χ0) is 31.1. The molecule has 0 aromatic carbocycles. The topological polar surface area (TPSA) is 118 Å². The molecular formula is C27H35F5N4O5. The van der Waals surface area contributed by atoms with E-state index in [0.717, 1.165) is 5.56 Å². The summed E-state index contributed by atoms with van der Waals surface area (Å²) in [5.74, 6) is -12.6. The van der Waals surface area contributed by atoms with Crippen molar-refractivity contribution < 1.29 is 45.9 Å². The first kappa shape index (κ1) is 33.6. The van der Waals surface area contributed by atoms with Gasteiger partial charge in [0.15, 0.2) is 0 Å². The van der Waals surface area contributed by atoms with E-state index in [2.05, 4.69) is 20.4 Å². The molecule has 0 spiro atoms. The number of nitrogens with one attached hydrogen (secondary N) is 2. The minimum Gasteiger partial charge on any atom is -0.422 e. The van der Waals surface area contributed by atoms with Crippen molar-refractivity contribution in [2.24, 2.45) is 11.8 Å². The summed E-state index contributed by atoms with van der Waals surface area (Å²) in [5, 5.41) is 4.76. The molecule has 1 aromatic rings. The molecule has 228 valence electrons. The number of alkyl halides is 5. The zero-order valence-electron chi connectivity index (χ0n) is 23.5. The van der Waals surface area contributed by atoms with Crippen LogP contribution in [0.3, 0.4) is 0 Å². The fourth-order valence-corrected chi connectivity index (χ4v) is 4.28.